The molecule has 1 aromatic heterocycles. The standard InChI is InChI=1S/C23H31FN4O4/c1-22(2,3)21-26-20(27-32-21)18(30)16-11-15(24)13-28(16)17(29)12-25-23(4,5)19(31)14-9-7-6-8-10-14/h6-10,15-16,19,25,31H,11-13H2,1-5H3/t15-,16?,19?/m0/s1. The number of alkyl halides is 1. The summed E-state index contributed by atoms with van der Waals surface area (Å²) in [5.41, 5.74) is -0.558. The first-order chi connectivity index (χ1) is 14.9. The molecule has 2 aromatic rings. The second-order valence-electron chi connectivity index (χ2n) is 9.82. The average molecular weight is 447 g/mol. The number of aromatic nitrogens is 2. The highest BCUT2D eigenvalue weighted by molar-refractivity contribution is 5.99. The van der Waals surface area contributed by atoms with E-state index in [0.29, 0.717) is 11.5 Å². The molecule has 0 aliphatic carbocycles. The summed E-state index contributed by atoms with van der Waals surface area (Å²) in [5.74, 6) is -0.829. The quantitative estimate of drug-likeness (QED) is 0.629. The highest BCUT2D eigenvalue weighted by Gasteiger charge is 2.42. The number of carbonyl (C=O) groups is 2. The van der Waals surface area contributed by atoms with Crippen LogP contribution in [0.4, 0.5) is 4.39 Å². The zero-order valence-electron chi connectivity index (χ0n) is 19.1. The number of halogens is 1. The minimum atomic E-state index is -1.31. The Morgan fingerprint density at radius 3 is 2.50 bits per heavy atom. The molecule has 1 amide bonds. The van der Waals surface area contributed by atoms with Crippen LogP contribution < -0.4 is 5.32 Å². The van der Waals surface area contributed by atoms with Crippen molar-refractivity contribution in [1.82, 2.24) is 20.4 Å². The maximum absolute atomic E-state index is 14.2. The number of amides is 1. The van der Waals surface area contributed by atoms with E-state index in [0.717, 1.165) is 0 Å². The monoisotopic (exact) mass is 446 g/mol. The van der Waals surface area contributed by atoms with Crippen molar-refractivity contribution in [1.29, 1.82) is 0 Å². The predicted molar refractivity (Wildman–Crippen MR) is 116 cm³/mol. The Morgan fingerprint density at radius 2 is 1.91 bits per heavy atom. The van der Waals surface area contributed by atoms with E-state index in [1.54, 1.807) is 26.0 Å². The van der Waals surface area contributed by atoms with Gasteiger partial charge in [-0.25, -0.2) is 4.39 Å². The van der Waals surface area contributed by atoms with Gasteiger partial charge in [-0.15, -0.1) is 0 Å². The number of hydrogen-bond donors (Lipinski definition) is 2. The van der Waals surface area contributed by atoms with Gasteiger partial charge in [0.15, 0.2) is 0 Å². The molecule has 3 atom stereocenters. The Hall–Kier alpha value is -2.65. The normalized spacial score (nSPS) is 20.4. The van der Waals surface area contributed by atoms with Gasteiger partial charge in [-0.1, -0.05) is 56.3 Å². The van der Waals surface area contributed by atoms with Gasteiger partial charge in [-0.05, 0) is 19.4 Å². The van der Waals surface area contributed by atoms with Gasteiger partial charge >= 0.3 is 0 Å². The summed E-state index contributed by atoms with van der Waals surface area (Å²) in [4.78, 5) is 31.2. The van der Waals surface area contributed by atoms with Crippen molar-refractivity contribution in [3.63, 3.8) is 0 Å². The fourth-order valence-corrected chi connectivity index (χ4v) is 3.64. The predicted octanol–water partition coefficient (Wildman–Crippen LogP) is 2.59. The van der Waals surface area contributed by atoms with Crippen molar-refractivity contribution >= 4 is 11.7 Å². The first-order valence-corrected chi connectivity index (χ1v) is 10.7. The number of hydrogen-bond acceptors (Lipinski definition) is 7. The van der Waals surface area contributed by atoms with E-state index < -0.39 is 41.0 Å². The van der Waals surface area contributed by atoms with Crippen molar-refractivity contribution in [3.8, 4) is 0 Å². The molecule has 1 aromatic carbocycles. The van der Waals surface area contributed by atoms with Gasteiger partial charge in [0.05, 0.1) is 19.2 Å². The van der Waals surface area contributed by atoms with E-state index in [1.807, 2.05) is 39.0 Å². The smallest absolute Gasteiger partial charge is 0.240 e. The van der Waals surface area contributed by atoms with E-state index in [1.165, 1.54) is 4.90 Å². The van der Waals surface area contributed by atoms with Crippen LogP contribution in [-0.2, 0) is 10.2 Å². The fourth-order valence-electron chi connectivity index (χ4n) is 3.64. The first-order valence-electron chi connectivity index (χ1n) is 10.7. The van der Waals surface area contributed by atoms with Crippen molar-refractivity contribution in [2.24, 2.45) is 0 Å². The Balaban J connectivity index is 1.68. The SMILES string of the molecule is CC(C)(C)c1nc(C(=O)C2C[C@H](F)CN2C(=O)CNC(C)(C)C(O)c2ccccc2)no1. The topological polar surface area (TPSA) is 109 Å². The molecule has 0 bridgehead atoms. The molecule has 2 unspecified atom stereocenters. The number of ketones is 1. The number of likely N-dealkylation sites (tertiary alicyclic amines) is 1. The summed E-state index contributed by atoms with van der Waals surface area (Å²) in [6.45, 7) is 8.82. The lowest BCUT2D eigenvalue weighted by molar-refractivity contribution is -0.131. The third kappa shape index (κ3) is 5.21. The molecular formula is C23H31FN4O4. The fraction of sp³-hybridized carbons (Fsp3) is 0.565. The van der Waals surface area contributed by atoms with Gasteiger partial charge in [-0.2, -0.15) is 4.98 Å². The van der Waals surface area contributed by atoms with Crippen molar-refractivity contribution in [3.05, 3.63) is 47.6 Å². The van der Waals surface area contributed by atoms with Crippen LogP contribution in [0.25, 0.3) is 0 Å². The molecule has 1 aliphatic rings. The maximum Gasteiger partial charge on any atom is 0.240 e. The second-order valence-corrected chi connectivity index (χ2v) is 9.82. The number of benzene rings is 1. The Morgan fingerprint density at radius 1 is 1.25 bits per heavy atom. The number of Topliss-reactive ketones (excluding diaryl/α,β-unsaturated/α-hetero) is 1. The summed E-state index contributed by atoms with van der Waals surface area (Å²) in [6, 6.07) is 8.11. The number of aliphatic hydroxyl groups is 1. The molecule has 0 spiro atoms. The molecule has 8 nitrogen and oxygen atoms in total. The zero-order chi connectivity index (χ0) is 23.7. The Kier molecular flexibility index (Phi) is 6.80. The van der Waals surface area contributed by atoms with E-state index >= 15 is 0 Å². The lowest BCUT2D eigenvalue weighted by Gasteiger charge is -2.33. The van der Waals surface area contributed by atoms with Crippen molar-refractivity contribution in [2.45, 2.75) is 70.3 Å². The van der Waals surface area contributed by atoms with E-state index in [4.69, 9.17) is 4.52 Å². The van der Waals surface area contributed by atoms with Gasteiger partial charge in [0.25, 0.3) is 0 Å². The number of nitrogens with zero attached hydrogens (tertiary/aromatic N) is 3. The van der Waals surface area contributed by atoms with Gasteiger partial charge in [0, 0.05) is 17.4 Å². The molecule has 32 heavy (non-hydrogen) atoms. The summed E-state index contributed by atoms with van der Waals surface area (Å²) in [5, 5.41) is 17.5. The van der Waals surface area contributed by atoms with Crippen molar-refractivity contribution < 1.29 is 23.6 Å². The Bertz CT molecular complexity index is 954. The van der Waals surface area contributed by atoms with E-state index in [9.17, 15) is 19.1 Å². The number of aliphatic hydroxyl groups excluding tert-OH is 1. The van der Waals surface area contributed by atoms with Crippen LogP contribution in [0.5, 0.6) is 0 Å². The largest absolute Gasteiger partial charge is 0.387 e. The second kappa shape index (κ2) is 9.07. The molecule has 0 saturated carbocycles. The lowest BCUT2D eigenvalue weighted by atomic mass is 9.91. The summed E-state index contributed by atoms with van der Waals surface area (Å²) in [6.07, 6.45) is -2.29. The van der Waals surface area contributed by atoms with Crippen LogP contribution in [0.2, 0.25) is 0 Å². The molecule has 9 heteroatoms. The van der Waals surface area contributed by atoms with Crippen LogP contribution >= 0.6 is 0 Å². The van der Waals surface area contributed by atoms with Crippen LogP contribution in [0.1, 0.15) is 69.2 Å². The molecule has 2 N–H and O–H groups in total. The molecule has 2 heterocycles. The molecule has 3 rings (SSSR count). The zero-order valence-corrected chi connectivity index (χ0v) is 19.1. The first kappa shape index (κ1) is 24.0. The molecule has 1 fully saturated rings. The molecule has 0 radical (unpaired) electrons. The molecule has 174 valence electrons. The number of rotatable bonds is 7. The van der Waals surface area contributed by atoms with Gasteiger partial charge < -0.3 is 19.8 Å². The number of nitrogens with one attached hydrogen (secondary N) is 1. The molecular weight excluding hydrogens is 415 g/mol. The van der Waals surface area contributed by atoms with Gasteiger partial charge in [0.1, 0.15) is 12.2 Å². The highest BCUT2D eigenvalue weighted by Crippen LogP contribution is 2.27. The van der Waals surface area contributed by atoms with E-state index in [-0.39, 0.29) is 25.3 Å². The lowest BCUT2D eigenvalue weighted by Crippen LogP contribution is -2.51. The summed E-state index contributed by atoms with van der Waals surface area (Å²) < 4.78 is 19.4. The third-order valence-corrected chi connectivity index (χ3v) is 5.66. The summed E-state index contributed by atoms with van der Waals surface area (Å²) >= 11 is 0. The van der Waals surface area contributed by atoms with Crippen LogP contribution in [-0.4, -0.2) is 62.7 Å². The Labute approximate surface area is 187 Å². The average Bonchev–Trinajstić information content (AvgIpc) is 3.39. The summed E-state index contributed by atoms with van der Waals surface area (Å²) in [7, 11) is 0. The van der Waals surface area contributed by atoms with Crippen LogP contribution in [0.15, 0.2) is 34.9 Å². The third-order valence-electron chi connectivity index (χ3n) is 5.66. The van der Waals surface area contributed by atoms with Gasteiger partial charge in [-0.3, -0.25) is 9.59 Å². The van der Waals surface area contributed by atoms with Crippen LogP contribution in [0.3, 0.4) is 0 Å². The van der Waals surface area contributed by atoms with Crippen LogP contribution in [0, 0.1) is 0 Å². The minimum absolute atomic E-state index is 0.111. The number of carbonyl (C=O) groups excluding carboxylic acids is 2. The molecule has 1 saturated heterocycles. The van der Waals surface area contributed by atoms with Crippen molar-refractivity contribution in [2.75, 3.05) is 13.1 Å². The van der Waals surface area contributed by atoms with Gasteiger partial charge in [0.2, 0.25) is 23.4 Å². The van der Waals surface area contributed by atoms with E-state index in [2.05, 4.69) is 15.5 Å². The minimum Gasteiger partial charge on any atom is -0.387 e. The highest BCUT2D eigenvalue weighted by atomic mass is 19.1. The molecule has 1 aliphatic heterocycles. The maximum atomic E-state index is 14.2.